The Morgan fingerprint density at radius 1 is 1.28 bits per heavy atom. The molecule has 0 aliphatic heterocycles. The van der Waals surface area contributed by atoms with E-state index in [-0.39, 0.29) is 5.65 Å². The number of nitrogens with zero attached hydrogens (tertiary/aromatic N) is 5. The Kier molecular flexibility index (Phi) is 4.59. The molecule has 1 aliphatic carbocycles. The second-order valence-electron chi connectivity index (χ2n) is 7.34. The molecule has 0 aromatic carbocycles. The monoisotopic (exact) mass is 395 g/mol. The van der Waals surface area contributed by atoms with Crippen LogP contribution in [-0.2, 0) is 4.74 Å². The van der Waals surface area contributed by atoms with Gasteiger partial charge in [0.25, 0.3) is 0 Å². The summed E-state index contributed by atoms with van der Waals surface area (Å²) >= 11 is 0. The highest BCUT2D eigenvalue weighted by molar-refractivity contribution is 5.93. The molecule has 150 valence electrons. The molecule has 2 N–H and O–H groups in total. The Morgan fingerprint density at radius 2 is 2.14 bits per heavy atom. The summed E-state index contributed by atoms with van der Waals surface area (Å²) in [6, 6.07) is 1.80. The molecule has 4 heterocycles. The highest BCUT2D eigenvalue weighted by Gasteiger charge is 2.22. The van der Waals surface area contributed by atoms with E-state index >= 15 is 0 Å². The minimum absolute atomic E-state index is 0.204. The van der Waals surface area contributed by atoms with Crippen molar-refractivity contribution in [1.29, 1.82) is 0 Å². The lowest BCUT2D eigenvalue weighted by Gasteiger charge is -2.28. The molecule has 0 spiro atoms. The molecule has 0 amide bonds. The van der Waals surface area contributed by atoms with Gasteiger partial charge in [-0.05, 0) is 38.7 Å². The Hall–Kier alpha value is -3.07. The predicted octanol–water partition coefficient (Wildman–Crippen LogP) is 3.57. The fraction of sp³-hybridized carbons (Fsp3) is 0.400. The molecule has 0 atom stereocenters. The van der Waals surface area contributed by atoms with E-state index in [9.17, 15) is 4.39 Å². The Labute approximate surface area is 166 Å². The molecule has 4 aromatic heterocycles. The fourth-order valence-corrected chi connectivity index (χ4v) is 4.04. The van der Waals surface area contributed by atoms with Gasteiger partial charge < -0.3 is 15.0 Å². The molecule has 5 rings (SSSR count). The van der Waals surface area contributed by atoms with Crippen LogP contribution in [0.4, 0.5) is 10.3 Å². The molecule has 9 heteroatoms. The lowest BCUT2D eigenvalue weighted by Crippen LogP contribution is -2.30. The molecule has 0 bridgehead atoms. The van der Waals surface area contributed by atoms with Gasteiger partial charge in [-0.25, -0.2) is 18.9 Å². The smallest absolute Gasteiger partial charge is 0.224 e. The van der Waals surface area contributed by atoms with Gasteiger partial charge in [-0.1, -0.05) is 0 Å². The quantitative estimate of drug-likeness (QED) is 0.537. The Balaban J connectivity index is 1.37. The minimum Gasteiger partial charge on any atom is -0.379 e. The second kappa shape index (κ2) is 7.40. The SMILES string of the molecule is CCOC1CCC(Nc2ncc3c(-c4cc(F)c5ncnn5c4)c[nH]c3n2)CC1. The highest BCUT2D eigenvalue weighted by Crippen LogP contribution is 2.29. The first kappa shape index (κ1) is 18.0. The van der Waals surface area contributed by atoms with Crippen molar-refractivity contribution in [3.63, 3.8) is 0 Å². The van der Waals surface area contributed by atoms with Crippen LogP contribution >= 0.6 is 0 Å². The minimum atomic E-state index is -0.420. The predicted molar refractivity (Wildman–Crippen MR) is 107 cm³/mol. The van der Waals surface area contributed by atoms with Crippen molar-refractivity contribution in [3.05, 3.63) is 36.8 Å². The molecule has 8 nitrogen and oxygen atoms in total. The summed E-state index contributed by atoms with van der Waals surface area (Å²) in [5.74, 6) is 0.180. The number of rotatable bonds is 5. The highest BCUT2D eigenvalue weighted by atomic mass is 19.1. The lowest BCUT2D eigenvalue weighted by molar-refractivity contribution is 0.0346. The third-order valence-corrected chi connectivity index (χ3v) is 5.48. The lowest BCUT2D eigenvalue weighted by atomic mass is 9.93. The zero-order valence-electron chi connectivity index (χ0n) is 16.1. The summed E-state index contributed by atoms with van der Waals surface area (Å²) in [5, 5.41) is 8.29. The topological polar surface area (TPSA) is 93.0 Å². The van der Waals surface area contributed by atoms with Gasteiger partial charge in [0.15, 0.2) is 11.5 Å². The number of nitrogens with one attached hydrogen (secondary N) is 2. The maximum Gasteiger partial charge on any atom is 0.224 e. The fourth-order valence-electron chi connectivity index (χ4n) is 4.04. The molecule has 0 saturated heterocycles. The van der Waals surface area contributed by atoms with Crippen molar-refractivity contribution < 1.29 is 9.13 Å². The molecular formula is C20H22FN7O. The number of anilines is 1. The molecule has 1 aliphatic rings. The van der Waals surface area contributed by atoms with E-state index in [4.69, 9.17) is 4.74 Å². The Bertz CT molecular complexity index is 1150. The molecule has 4 aromatic rings. The summed E-state index contributed by atoms with van der Waals surface area (Å²) in [6.45, 7) is 2.81. The van der Waals surface area contributed by atoms with E-state index in [1.54, 1.807) is 12.4 Å². The number of hydrogen-bond acceptors (Lipinski definition) is 6. The average molecular weight is 395 g/mol. The van der Waals surface area contributed by atoms with Crippen molar-refractivity contribution in [2.24, 2.45) is 0 Å². The second-order valence-corrected chi connectivity index (χ2v) is 7.34. The number of ether oxygens (including phenoxy) is 1. The van der Waals surface area contributed by atoms with Crippen molar-refractivity contribution in [2.75, 3.05) is 11.9 Å². The molecule has 0 unspecified atom stereocenters. The van der Waals surface area contributed by atoms with Crippen LogP contribution in [0.5, 0.6) is 0 Å². The first-order chi connectivity index (χ1) is 14.2. The van der Waals surface area contributed by atoms with Crippen LogP contribution in [0.2, 0.25) is 0 Å². The largest absolute Gasteiger partial charge is 0.379 e. The van der Waals surface area contributed by atoms with Crippen LogP contribution in [0, 0.1) is 5.82 Å². The Morgan fingerprint density at radius 3 is 2.97 bits per heavy atom. The number of pyridine rings is 1. The van der Waals surface area contributed by atoms with Crippen LogP contribution in [0.25, 0.3) is 27.8 Å². The molecule has 1 fully saturated rings. The van der Waals surface area contributed by atoms with E-state index in [0.717, 1.165) is 43.2 Å². The third kappa shape index (κ3) is 3.42. The van der Waals surface area contributed by atoms with Gasteiger partial charge >= 0.3 is 0 Å². The maximum absolute atomic E-state index is 14.3. The number of hydrogen-bond donors (Lipinski definition) is 2. The molecule has 29 heavy (non-hydrogen) atoms. The normalized spacial score (nSPS) is 19.8. The molecule has 1 saturated carbocycles. The maximum atomic E-state index is 14.3. The van der Waals surface area contributed by atoms with E-state index in [2.05, 4.69) is 30.4 Å². The van der Waals surface area contributed by atoms with Crippen LogP contribution in [-0.4, -0.2) is 48.3 Å². The van der Waals surface area contributed by atoms with Crippen molar-refractivity contribution >= 4 is 22.6 Å². The van der Waals surface area contributed by atoms with Gasteiger partial charge in [0.1, 0.15) is 12.0 Å². The summed E-state index contributed by atoms with van der Waals surface area (Å²) in [5.41, 5.74) is 2.42. The van der Waals surface area contributed by atoms with Crippen molar-refractivity contribution in [1.82, 2.24) is 29.5 Å². The van der Waals surface area contributed by atoms with Crippen LogP contribution < -0.4 is 5.32 Å². The average Bonchev–Trinajstić information content (AvgIpc) is 3.36. The number of halogens is 1. The number of aromatic nitrogens is 6. The zero-order chi connectivity index (χ0) is 19.8. The van der Waals surface area contributed by atoms with Gasteiger partial charge in [0, 0.05) is 47.8 Å². The number of aromatic amines is 1. The summed E-state index contributed by atoms with van der Waals surface area (Å²) in [7, 11) is 0. The van der Waals surface area contributed by atoms with Crippen molar-refractivity contribution in [2.45, 2.75) is 44.8 Å². The molecule has 0 radical (unpaired) electrons. The van der Waals surface area contributed by atoms with E-state index in [1.807, 2.05) is 13.1 Å². The summed E-state index contributed by atoms with van der Waals surface area (Å²) in [6.07, 6.45) is 11.2. The van der Waals surface area contributed by atoms with E-state index in [0.29, 0.717) is 29.3 Å². The van der Waals surface area contributed by atoms with E-state index in [1.165, 1.54) is 16.9 Å². The van der Waals surface area contributed by atoms with Crippen LogP contribution in [0.1, 0.15) is 32.6 Å². The van der Waals surface area contributed by atoms with E-state index < -0.39 is 5.82 Å². The van der Waals surface area contributed by atoms with Gasteiger partial charge in [-0.15, -0.1) is 0 Å². The van der Waals surface area contributed by atoms with Crippen LogP contribution in [0.3, 0.4) is 0 Å². The zero-order valence-corrected chi connectivity index (χ0v) is 16.1. The standard InChI is InChI=1S/C20H22FN7O/c1-2-29-14-5-3-13(4-6-14)26-20-23-9-16-15(8-22-18(16)27-20)12-7-17(21)19-24-11-25-28(19)10-12/h7-11,13-14H,2-6H2,1H3,(H2,22,23,26,27). The first-order valence-corrected chi connectivity index (χ1v) is 9.93. The summed E-state index contributed by atoms with van der Waals surface area (Å²) in [4.78, 5) is 16.2. The first-order valence-electron chi connectivity index (χ1n) is 9.93. The van der Waals surface area contributed by atoms with Gasteiger partial charge in [-0.2, -0.15) is 10.1 Å². The van der Waals surface area contributed by atoms with Crippen molar-refractivity contribution in [3.8, 4) is 11.1 Å². The van der Waals surface area contributed by atoms with Gasteiger partial charge in [0.05, 0.1) is 6.10 Å². The number of H-pyrrole nitrogens is 1. The van der Waals surface area contributed by atoms with Gasteiger partial charge in [0.2, 0.25) is 5.95 Å². The third-order valence-electron chi connectivity index (χ3n) is 5.48. The summed E-state index contributed by atoms with van der Waals surface area (Å²) < 4.78 is 21.4. The van der Waals surface area contributed by atoms with Gasteiger partial charge in [-0.3, -0.25) is 0 Å². The molecular weight excluding hydrogens is 373 g/mol. The van der Waals surface area contributed by atoms with Crippen LogP contribution in [0.15, 0.2) is 31.0 Å². The number of fused-ring (bicyclic) bond motifs is 2.